The Hall–Kier alpha value is -6.24. The van der Waals surface area contributed by atoms with E-state index in [1.807, 2.05) is 0 Å². The Morgan fingerprint density at radius 2 is 0.775 bits per heavy atom. The Balaban J connectivity index is 1.55. The lowest BCUT2D eigenvalue weighted by Gasteiger charge is -2.34. The monoisotopic (exact) mass is 1180 g/mol. The number of unbranched alkanes of at least 4 members (excludes halogenated alkanes) is 1. The molecule has 0 spiro atoms. The van der Waals surface area contributed by atoms with Gasteiger partial charge in [0.1, 0.15) is 5.54 Å². The Morgan fingerprint density at radius 3 is 1.14 bits per heavy atom. The summed E-state index contributed by atoms with van der Waals surface area (Å²) in [5, 5.41) is 16.9. The molecule has 0 saturated heterocycles. The number of benzene rings is 3. The number of anilines is 3. The van der Waals surface area contributed by atoms with Gasteiger partial charge >= 0.3 is 0 Å². The minimum atomic E-state index is -2.25. The third kappa shape index (κ3) is 30.9. The summed E-state index contributed by atoms with van der Waals surface area (Å²) in [5.74, 6) is -2.12. The quantitative estimate of drug-likeness (QED) is 0.0217. The van der Waals surface area contributed by atoms with Crippen molar-refractivity contribution in [3.05, 3.63) is 89.5 Å². The van der Waals surface area contributed by atoms with Gasteiger partial charge in [0.15, 0.2) is 5.78 Å². The van der Waals surface area contributed by atoms with Crippen molar-refractivity contribution >= 4 is 92.1 Å². The number of carbonyl (C=O) groups excluding carboxylic acids is 7. The van der Waals surface area contributed by atoms with E-state index in [0.717, 1.165) is 6.42 Å². The molecule has 0 aliphatic rings. The van der Waals surface area contributed by atoms with Gasteiger partial charge in [-0.15, -0.1) is 0 Å². The molecule has 0 saturated carbocycles. The maximum Gasteiger partial charge on any atom is 0.259 e. The van der Waals surface area contributed by atoms with Crippen LogP contribution in [-0.2, 0) is 67.2 Å². The molecule has 0 aromatic heterocycles. The molecule has 0 fully saturated rings. The van der Waals surface area contributed by atoms with Crippen molar-refractivity contribution in [1.82, 2.24) is 31.9 Å². The lowest BCUT2D eigenvalue weighted by molar-refractivity contribution is -0.130. The highest BCUT2D eigenvalue weighted by Gasteiger charge is 2.34. The summed E-state index contributed by atoms with van der Waals surface area (Å²) >= 11 is -6.73. The van der Waals surface area contributed by atoms with Crippen LogP contribution in [0.5, 0.6) is 0 Å². The summed E-state index contributed by atoms with van der Waals surface area (Å²) in [7, 11) is 0. The molecule has 0 heterocycles. The maximum atomic E-state index is 13.6. The summed E-state index contributed by atoms with van der Waals surface area (Å²) in [6.07, 6.45) is 3.46. The van der Waals surface area contributed by atoms with Crippen LogP contribution in [0, 0.1) is 5.41 Å². The van der Waals surface area contributed by atoms with Gasteiger partial charge in [0.2, 0.25) is 23.6 Å². The minimum absolute atomic E-state index is 0.0273. The lowest BCUT2D eigenvalue weighted by atomic mass is 9.90. The van der Waals surface area contributed by atoms with Crippen LogP contribution in [0.4, 0.5) is 17.1 Å². The zero-order chi connectivity index (χ0) is 58.8. The summed E-state index contributed by atoms with van der Waals surface area (Å²) in [5.41, 5.74) is 0.896. The molecule has 3 rings (SSSR count). The molecule has 25 nitrogen and oxygen atoms in total. The number of nitrogens with one attached hydrogen (secondary N) is 9. The number of ketones is 1. The van der Waals surface area contributed by atoms with Gasteiger partial charge in [0.25, 0.3) is 45.6 Å². The Bertz CT molecular complexity index is 2260. The Kier molecular flexibility index (Phi) is 32.0. The van der Waals surface area contributed by atoms with E-state index in [9.17, 15) is 46.2 Å². The topological polar surface area (TPSA) is 367 Å². The van der Waals surface area contributed by atoms with Crippen molar-refractivity contribution < 1.29 is 74.1 Å². The third-order valence-corrected chi connectivity index (χ3v) is 12.7. The predicted molar refractivity (Wildman–Crippen MR) is 304 cm³/mol. The van der Waals surface area contributed by atoms with E-state index in [1.54, 1.807) is 12.1 Å². The lowest BCUT2D eigenvalue weighted by Crippen LogP contribution is -2.58. The molecule has 444 valence electrons. The van der Waals surface area contributed by atoms with Gasteiger partial charge in [0.05, 0.1) is 39.6 Å². The van der Waals surface area contributed by atoms with E-state index >= 15 is 0 Å². The predicted octanol–water partition coefficient (Wildman–Crippen LogP) is 3.97. The van der Waals surface area contributed by atoms with E-state index in [2.05, 4.69) is 66.8 Å². The molecule has 80 heavy (non-hydrogen) atoms. The number of amides is 6. The third-order valence-electron chi connectivity index (χ3n) is 11.5. The van der Waals surface area contributed by atoms with Gasteiger partial charge in [-0.2, -0.15) is 0 Å². The zero-order valence-electron chi connectivity index (χ0n) is 45.4. The molecule has 0 aliphatic carbocycles. The summed E-state index contributed by atoms with van der Waals surface area (Å²) in [6.45, 7) is 6.81. The molecule has 6 amide bonds. The van der Waals surface area contributed by atoms with Crippen LogP contribution in [0.15, 0.2) is 72.8 Å². The Morgan fingerprint density at radius 1 is 0.425 bits per heavy atom. The van der Waals surface area contributed by atoms with Gasteiger partial charge in [-0.3, -0.25) is 61.4 Å². The van der Waals surface area contributed by atoms with Crippen molar-refractivity contribution in [2.24, 2.45) is 5.41 Å². The first-order valence-electron chi connectivity index (χ1n) is 26.0. The van der Waals surface area contributed by atoms with Crippen molar-refractivity contribution in [2.45, 2.75) is 96.9 Å². The first-order chi connectivity index (χ1) is 38.1. The second kappa shape index (κ2) is 37.6. The molecule has 28 heteroatoms. The molecule has 0 aliphatic heterocycles. The summed E-state index contributed by atoms with van der Waals surface area (Å²) in [6, 6.07) is 18.1. The zero-order valence-corrected chi connectivity index (χ0v) is 47.8. The first-order valence-corrected chi connectivity index (χ1v) is 29.3. The summed E-state index contributed by atoms with van der Waals surface area (Å²) in [4.78, 5) is 89.7. The van der Waals surface area contributed by atoms with Gasteiger partial charge in [-0.25, -0.2) is 12.6 Å². The highest BCUT2D eigenvalue weighted by atomic mass is 32.2. The van der Waals surface area contributed by atoms with Crippen LogP contribution in [0.25, 0.3) is 0 Å². The molecule has 0 radical (unpaired) electrons. The van der Waals surface area contributed by atoms with Crippen molar-refractivity contribution in [2.75, 3.05) is 86.5 Å². The van der Waals surface area contributed by atoms with Gasteiger partial charge in [-0.1, -0.05) is 20.8 Å². The smallest absolute Gasteiger partial charge is 0.259 e. The van der Waals surface area contributed by atoms with Gasteiger partial charge < -0.3 is 46.1 Å². The number of ether oxygens (including phenoxy) is 3. The fourth-order valence-corrected chi connectivity index (χ4v) is 8.38. The Labute approximate surface area is 474 Å². The largest absolute Gasteiger partial charge is 0.378 e. The van der Waals surface area contributed by atoms with Crippen LogP contribution in [0.3, 0.4) is 0 Å². The van der Waals surface area contributed by atoms with Crippen molar-refractivity contribution in [3.63, 3.8) is 0 Å². The molecule has 3 aromatic rings. The molecule has 0 bridgehead atoms. The number of hydrogen-bond donors (Lipinski definition) is 12. The highest BCUT2D eigenvalue weighted by molar-refractivity contribution is 7.81. The average molecular weight is 1180 g/mol. The highest BCUT2D eigenvalue weighted by Crippen LogP contribution is 2.22. The second-order valence-electron chi connectivity index (χ2n) is 19.6. The van der Waals surface area contributed by atoms with E-state index in [1.165, 1.54) is 60.7 Å². The van der Waals surface area contributed by atoms with E-state index in [4.69, 9.17) is 27.9 Å². The average Bonchev–Trinajstić information content (AvgIpc) is 3.39. The van der Waals surface area contributed by atoms with Crippen LogP contribution < -0.4 is 46.1 Å². The van der Waals surface area contributed by atoms with Gasteiger partial charge in [0, 0.05) is 98.6 Å². The first kappa shape index (κ1) is 68.0. The molecule has 3 unspecified atom stereocenters. The van der Waals surface area contributed by atoms with Crippen molar-refractivity contribution in [3.8, 4) is 0 Å². The van der Waals surface area contributed by atoms with Crippen LogP contribution >= 0.6 is 0 Å². The fourth-order valence-electron chi connectivity index (χ4n) is 7.36. The standard InChI is InChI=1S/C52H77N9O16S3/c1-51(2,3)26-6-10-48(66)58-52(35-75-32-23-45(63)53-27-5-4-9-44(62)38-11-17-41(18-12-38)59-78(69)70,36-76-33-24-46(64)54-28-7-30-56-49(67)39-13-19-42(20-14-39)60-79(71)72)37-77-34-25-47(65)55-29-8-31-57-50(68)40-15-21-43(22-16-40)61-80(73)74/h11-22,59-61H,4-10,23-37H2,1-3H3,(H,53,63)(H,54,64)(H,55,65)(H,56,67)(H,57,68)(H,58,66)(H,69,70)(H,71,72)(H,73,74). The van der Waals surface area contributed by atoms with Crippen molar-refractivity contribution in [1.29, 1.82) is 0 Å². The fraction of sp³-hybridized carbons (Fsp3) is 0.519. The SMILES string of the molecule is CC(C)(C)CCCC(=O)NC(COCCC(=O)NCCCCC(=O)c1ccc(NS(=O)O)cc1)(COCCC(=O)NCCCNC(=O)c1ccc(NS(=O)O)cc1)COCCC(=O)NCCCNC(=O)c1ccc(NS(=O)O)cc1. The van der Waals surface area contributed by atoms with Gasteiger partial charge in [-0.05, 0) is 117 Å². The number of carbonyl (C=O) groups is 7. The molecular weight excluding hydrogens is 1100 g/mol. The molecule has 3 aromatic carbocycles. The molecular formula is C52H77N9O16S3. The van der Waals surface area contributed by atoms with Crippen LogP contribution in [0.2, 0.25) is 0 Å². The number of rotatable bonds is 41. The number of Topliss-reactive ketones (excluding diaryl/α,β-unsaturated/α-hetero) is 1. The normalized spacial score (nSPS) is 13.1. The molecule has 12 N–H and O–H groups in total. The number of hydrogen-bond acceptors (Lipinski definition) is 13. The minimum Gasteiger partial charge on any atom is -0.378 e. The maximum absolute atomic E-state index is 13.6. The second-order valence-corrected chi connectivity index (χ2v) is 21.7. The van der Waals surface area contributed by atoms with Crippen LogP contribution in [-0.4, -0.2) is 145 Å². The van der Waals surface area contributed by atoms with E-state index in [-0.39, 0.29) is 145 Å². The van der Waals surface area contributed by atoms with E-state index in [0.29, 0.717) is 72.4 Å². The molecule has 3 atom stereocenters. The van der Waals surface area contributed by atoms with E-state index < -0.39 is 39.3 Å². The van der Waals surface area contributed by atoms with Crippen LogP contribution in [0.1, 0.15) is 122 Å². The summed E-state index contributed by atoms with van der Waals surface area (Å²) < 4.78 is 84.8.